The van der Waals surface area contributed by atoms with Crippen molar-refractivity contribution in [2.45, 2.75) is 89.6 Å². The third kappa shape index (κ3) is 5.15. The van der Waals surface area contributed by atoms with Gasteiger partial charge in [-0.05, 0) is 71.2 Å². The molecule has 9 nitrogen and oxygen atoms in total. The molecule has 42 heavy (non-hydrogen) atoms. The number of ether oxygens (including phenoxy) is 2. The Hall–Kier alpha value is -3.17. The molecular weight excluding hydrogens is 534 g/mol. The Bertz CT molecular complexity index is 1190. The van der Waals surface area contributed by atoms with Gasteiger partial charge < -0.3 is 29.3 Å². The maximum absolute atomic E-state index is 14.5. The number of amides is 3. The van der Waals surface area contributed by atoms with E-state index in [-0.39, 0.29) is 36.9 Å². The number of likely N-dealkylation sites (tertiary alicyclic amines) is 1. The Morgan fingerprint density at radius 2 is 1.81 bits per heavy atom. The number of carbonyl (C=O) groups is 3. The minimum atomic E-state index is -1.17. The number of fused-ring (bicyclic) bond motifs is 1. The lowest BCUT2D eigenvalue weighted by Gasteiger charge is -2.40. The van der Waals surface area contributed by atoms with Crippen LogP contribution in [0.15, 0.2) is 49.6 Å². The summed E-state index contributed by atoms with van der Waals surface area (Å²) in [6, 6.07) is 5.62. The lowest BCUT2D eigenvalue weighted by atomic mass is 9.66. The molecule has 4 rings (SSSR count). The highest BCUT2D eigenvalue weighted by Gasteiger charge is 2.78. The summed E-state index contributed by atoms with van der Waals surface area (Å²) in [6.45, 7) is 18.1. The first kappa shape index (κ1) is 31.8. The molecule has 2 bridgehead atoms. The average Bonchev–Trinajstić information content (AvgIpc) is 3.55. The number of carbonyl (C=O) groups excluding carboxylic acids is 3. The number of hydrogen-bond donors (Lipinski definition) is 1. The fourth-order valence-electron chi connectivity index (χ4n) is 7.45. The van der Waals surface area contributed by atoms with E-state index in [0.717, 1.165) is 12.8 Å². The Labute approximate surface area is 250 Å². The molecule has 1 spiro atoms. The molecule has 0 aliphatic carbocycles. The quantitative estimate of drug-likeness (QED) is 0.334. The molecule has 7 atom stereocenters. The van der Waals surface area contributed by atoms with E-state index in [9.17, 15) is 19.5 Å². The Morgan fingerprint density at radius 1 is 1.14 bits per heavy atom. The van der Waals surface area contributed by atoms with Crippen LogP contribution >= 0.6 is 0 Å². The van der Waals surface area contributed by atoms with Crippen molar-refractivity contribution in [1.29, 1.82) is 0 Å². The van der Waals surface area contributed by atoms with Gasteiger partial charge in [-0.25, -0.2) is 0 Å². The van der Waals surface area contributed by atoms with Crippen molar-refractivity contribution in [3.05, 3.63) is 49.6 Å². The lowest BCUT2D eigenvalue weighted by molar-refractivity contribution is -0.155. The molecule has 0 aromatic heterocycles. The fourth-order valence-corrected chi connectivity index (χ4v) is 7.45. The molecular formula is C33H47N3O6. The number of nitrogens with zero attached hydrogens (tertiary/aromatic N) is 3. The molecule has 1 aromatic rings. The molecule has 3 aliphatic heterocycles. The van der Waals surface area contributed by atoms with Crippen LogP contribution in [0.4, 0.5) is 5.69 Å². The van der Waals surface area contributed by atoms with Crippen LogP contribution in [0.5, 0.6) is 5.75 Å². The molecule has 3 amide bonds. The fraction of sp³-hybridized carbons (Fsp3) is 0.606. The van der Waals surface area contributed by atoms with E-state index in [1.807, 2.05) is 45.0 Å². The van der Waals surface area contributed by atoms with E-state index in [4.69, 9.17) is 9.47 Å². The maximum atomic E-state index is 14.5. The van der Waals surface area contributed by atoms with Gasteiger partial charge in [0.15, 0.2) is 0 Å². The first-order chi connectivity index (χ1) is 20.0. The second-order valence-electron chi connectivity index (χ2n) is 12.1. The van der Waals surface area contributed by atoms with E-state index >= 15 is 0 Å². The zero-order valence-corrected chi connectivity index (χ0v) is 25.8. The summed E-state index contributed by atoms with van der Waals surface area (Å²) in [4.78, 5) is 48.3. The van der Waals surface area contributed by atoms with Crippen molar-refractivity contribution in [2.75, 3.05) is 31.2 Å². The van der Waals surface area contributed by atoms with Gasteiger partial charge in [-0.3, -0.25) is 14.4 Å². The summed E-state index contributed by atoms with van der Waals surface area (Å²) >= 11 is 0. The van der Waals surface area contributed by atoms with Crippen LogP contribution in [0, 0.1) is 11.8 Å². The summed E-state index contributed by atoms with van der Waals surface area (Å²) in [5.41, 5.74) is -1.43. The van der Waals surface area contributed by atoms with E-state index in [0.29, 0.717) is 37.4 Å². The molecule has 3 heterocycles. The Kier molecular flexibility index (Phi) is 9.52. The number of benzene rings is 1. The molecule has 0 radical (unpaired) electrons. The van der Waals surface area contributed by atoms with Gasteiger partial charge in [0.1, 0.15) is 17.4 Å². The van der Waals surface area contributed by atoms with Gasteiger partial charge in [-0.1, -0.05) is 25.5 Å². The second-order valence-corrected chi connectivity index (χ2v) is 12.1. The molecule has 3 fully saturated rings. The van der Waals surface area contributed by atoms with E-state index in [1.165, 1.54) is 4.90 Å². The molecule has 3 unspecified atom stereocenters. The topological polar surface area (TPSA) is 99.6 Å². The number of aliphatic hydroxyl groups is 1. The number of rotatable bonds is 14. The smallest absolute Gasteiger partial charge is 0.248 e. The van der Waals surface area contributed by atoms with Gasteiger partial charge in [-0.2, -0.15) is 0 Å². The van der Waals surface area contributed by atoms with Crippen molar-refractivity contribution in [3.63, 3.8) is 0 Å². The Balaban J connectivity index is 1.78. The zero-order chi connectivity index (χ0) is 30.8. The average molecular weight is 582 g/mol. The first-order valence-corrected chi connectivity index (χ1v) is 15.2. The monoisotopic (exact) mass is 581 g/mol. The summed E-state index contributed by atoms with van der Waals surface area (Å²) in [7, 11) is 0. The third-order valence-corrected chi connectivity index (χ3v) is 9.34. The normalized spacial score (nSPS) is 29.1. The molecule has 3 aliphatic rings. The van der Waals surface area contributed by atoms with Gasteiger partial charge in [0, 0.05) is 24.8 Å². The highest BCUT2D eigenvalue weighted by molar-refractivity contribution is 6.03. The van der Waals surface area contributed by atoms with Crippen LogP contribution in [-0.2, 0) is 19.1 Å². The first-order valence-electron chi connectivity index (χ1n) is 15.2. The largest absolute Gasteiger partial charge is 0.494 e. The highest BCUT2D eigenvalue weighted by Crippen LogP contribution is 2.64. The van der Waals surface area contributed by atoms with Crippen LogP contribution in [0.3, 0.4) is 0 Å². The predicted octanol–water partition coefficient (Wildman–Crippen LogP) is 3.95. The minimum Gasteiger partial charge on any atom is -0.494 e. The van der Waals surface area contributed by atoms with Crippen LogP contribution in [0.2, 0.25) is 0 Å². The predicted molar refractivity (Wildman–Crippen MR) is 162 cm³/mol. The minimum absolute atomic E-state index is 0.0771. The molecule has 3 saturated heterocycles. The van der Waals surface area contributed by atoms with Crippen molar-refractivity contribution >= 4 is 23.4 Å². The number of aliphatic hydroxyl groups excluding tert-OH is 1. The zero-order valence-electron chi connectivity index (χ0n) is 25.8. The maximum Gasteiger partial charge on any atom is 0.248 e. The van der Waals surface area contributed by atoms with Crippen LogP contribution in [-0.4, -0.2) is 88.3 Å². The molecule has 1 N–H and O–H groups in total. The lowest BCUT2D eigenvalue weighted by Crippen LogP contribution is -2.59. The number of hydrogen-bond acceptors (Lipinski definition) is 6. The Morgan fingerprint density at radius 3 is 2.38 bits per heavy atom. The molecule has 9 heteroatoms. The van der Waals surface area contributed by atoms with Crippen molar-refractivity contribution < 1.29 is 29.0 Å². The molecule has 1 aromatic carbocycles. The van der Waals surface area contributed by atoms with Crippen LogP contribution < -0.4 is 9.64 Å². The van der Waals surface area contributed by atoms with Crippen molar-refractivity contribution in [2.24, 2.45) is 11.8 Å². The van der Waals surface area contributed by atoms with Crippen LogP contribution in [0.1, 0.15) is 60.3 Å². The van der Waals surface area contributed by atoms with Gasteiger partial charge in [0.2, 0.25) is 17.7 Å². The SMILES string of the molecule is C=CCN(C(=O)[C@@H]1[C@H]2C(=O)N([C@H](C)CO)C(C(=O)N(CC=C)C(C)CCC)C23CC[C@@]1(C)O3)c1ccc(OCC)cc1. The number of anilines is 1. The van der Waals surface area contributed by atoms with Crippen molar-refractivity contribution in [1.82, 2.24) is 9.80 Å². The van der Waals surface area contributed by atoms with Crippen molar-refractivity contribution in [3.8, 4) is 5.75 Å². The second kappa shape index (κ2) is 12.6. The summed E-state index contributed by atoms with van der Waals surface area (Å²) in [6.07, 6.45) is 6.06. The highest BCUT2D eigenvalue weighted by atomic mass is 16.5. The van der Waals surface area contributed by atoms with Gasteiger partial charge in [0.05, 0.1) is 36.7 Å². The van der Waals surface area contributed by atoms with E-state index < -0.39 is 35.1 Å². The third-order valence-electron chi connectivity index (χ3n) is 9.34. The van der Waals surface area contributed by atoms with E-state index in [2.05, 4.69) is 20.1 Å². The van der Waals surface area contributed by atoms with Gasteiger partial charge >= 0.3 is 0 Å². The van der Waals surface area contributed by atoms with Gasteiger partial charge in [-0.15, -0.1) is 13.2 Å². The standard InChI is InChI=1S/C33H47N3O6/c1-8-12-22(5)34(19-9-2)31(40)28-33-18-17-32(7,42-33)26(27(33)30(39)36(28)23(6)21-37)29(38)35(20-10-3)24-13-15-25(16-14-24)41-11-4/h9-10,13-16,22-23,26-28,37H,2-3,8,11-12,17-21H2,1,4-7H3/t22?,23-,26+,27+,28?,32-,33?/m1/s1. The van der Waals surface area contributed by atoms with Gasteiger partial charge in [0.25, 0.3) is 0 Å². The summed E-state index contributed by atoms with van der Waals surface area (Å²) in [5, 5.41) is 10.2. The molecule has 0 saturated carbocycles. The molecule has 230 valence electrons. The van der Waals surface area contributed by atoms with E-state index in [1.54, 1.807) is 28.9 Å². The summed E-state index contributed by atoms with van der Waals surface area (Å²) < 4.78 is 12.4. The van der Waals surface area contributed by atoms with Crippen LogP contribution in [0.25, 0.3) is 0 Å². The summed E-state index contributed by atoms with van der Waals surface area (Å²) in [5.74, 6) is -1.74.